The van der Waals surface area contributed by atoms with Crippen molar-refractivity contribution >= 4 is 0 Å². The van der Waals surface area contributed by atoms with Crippen LogP contribution in [0, 0.1) is 0 Å². The Bertz CT molecular complexity index is 381. The van der Waals surface area contributed by atoms with Gasteiger partial charge in [0.1, 0.15) is 0 Å². The molecule has 0 saturated heterocycles. The first-order valence-electron chi connectivity index (χ1n) is 7.29. The molecule has 1 heterocycles. The second kappa shape index (κ2) is 7.63. The molecule has 2 rings (SSSR count). The molecule has 1 aliphatic heterocycles. The fourth-order valence-corrected chi connectivity index (χ4v) is 2.90. The van der Waals surface area contributed by atoms with E-state index in [1.807, 2.05) is 7.05 Å². The van der Waals surface area contributed by atoms with Crippen LogP contribution in [0.15, 0.2) is 24.3 Å². The molecular formula is C16H26N2O. The van der Waals surface area contributed by atoms with Gasteiger partial charge in [0.05, 0.1) is 0 Å². The normalized spacial score (nSPS) is 19.4. The van der Waals surface area contributed by atoms with Crippen LogP contribution in [0.1, 0.15) is 24.0 Å². The van der Waals surface area contributed by atoms with Gasteiger partial charge in [-0.1, -0.05) is 24.3 Å². The van der Waals surface area contributed by atoms with E-state index in [1.165, 1.54) is 30.5 Å². The van der Waals surface area contributed by atoms with Crippen LogP contribution in [0.2, 0.25) is 0 Å². The van der Waals surface area contributed by atoms with E-state index in [4.69, 9.17) is 4.74 Å². The first-order valence-corrected chi connectivity index (χ1v) is 7.29. The fraction of sp³-hybridized carbons (Fsp3) is 0.625. The molecule has 0 aromatic heterocycles. The molecule has 1 atom stereocenters. The van der Waals surface area contributed by atoms with Crippen molar-refractivity contribution in [1.29, 1.82) is 0 Å². The number of benzene rings is 1. The molecule has 0 amide bonds. The van der Waals surface area contributed by atoms with Crippen molar-refractivity contribution in [3.05, 3.63) is 35.4 Å². The van der Waals surface area contributed by atoms with Crippen molar-refractivity contribution < 1.29 is 4.74 Å². The largest absolute Gasteiger partial charge is 0.385 e. The molecule has 0 fully saturated rings. The van der Waals surface area contributed by atoms with Crippen LogP contribution in [-0.2, 0) is 17.7 Å². The highest BCUT2D eigenvalue weighted by Crippen LogP contribution is 2.23. The first-order chi connectivity index (χ1) is 9.35. The lowest BCUT2D eigenvalue weighted by molar-refractivity contribution is 0.151. The topological polar surface area (TPSA) is 24.5 Å². The van der Waals surface area contributed by atoms with Gasteiger partial charge in [-0.25, -0.2) is 0 Å². The van der Waals surface area contributed by atoms with Gasteiger partial charge in [-0.3, -0.25) is 4.90 Å². The molecule has 1 aromatic carbocycles. The van der Waals surface area contributed by atoms with Gasteiger partial charge in [0.15, 0.2) is 0 Å². The number of hydrogen-bond donors (Lipinski definition) is 1. The summed E-state index contributed by atoms with van der Waals surface area (Å²) in [6.45, 7) is 4.21. The van der Waals surface area contributed by atoms with E-state index < -0.39 is 0 Å². The van der Waals surface area contributed by atoms with Crippen molar-refractivity contribution in [3.63, 3.8) is 0 Å². The zero-order valence-corrected chi connectivity index (χ0v) is 12.2. The van der Waals surface area contributed by atoms with Crippen LogP contribution in [0.4, 0.5) is 0 Å². The Balaban J connectivity index is 1.95. The minimum atomic E-state index is 0.627. The molecule has 0 aliphatic carbocycles. The molecule has 1 aliphatic rings. The number of hydrogen-bond acceptors (Lipinski definition) is 3. The van der Waals surface area contributed by atoms with Crippen molar-refractivity contribution in [1.82, 2.24) is 10.2 Å². The highest BCUT2D eigenvalue weighted by molar-refractivity contribution is 5.30. The predicted octanol–water partition coefficient (Wildman–Crippen LogP) is 2.06. The Morgan fingerprint density at radius 3 is 2.79 bits per heavy atom. The quantitative estimate of drug-likeness (QED) is 0.761. The number of ether oxygens (including phenoxy) is 1. The molecule has 19 heavy (non-hydrogen) atoms. The number of rotatable bonds is 7. The van der Waals surface area contributed by atoms with Crippen molar-refractivity contribution in [3.8, 4) is 0 Å². The molecule has 1 N–H and O–H groups in total. The maximum Gasteiger partial charge on any atom is 0.0462 e. The SMILES string of the molecule is CNCC1Cc2ccccc2CN1CCCCOC. The van der Waals surface area contributed by atoms with E-state index in [9.17, 15) is 0 Å². The average Bonchev–Trinajstić information content (AvgIpc) is 2.44. The summed E-state index contributed by atoms with van der Waals surface area (Å²) in [7, 11) is 3.82. The van der Waals surface area contributed by atoms with E-state index in [-0.39, 0.29) is 0 Å². The average molecular weight is 262 g/mol. The number of fused-ring (bicyclic) bond motifs is 1. The Morgan fingerprint density at radius 2 is 2.05 bits per heavy atom. The van der Waals surface area contributed by atoms with Gasteiger partial charge in [-0.05, 0) is 44.0 Å². The summed E-state index contributed by atoms with van der Waals surface area (Å²) in [6, 6.07) is 9.49. The fourth-order valence-electron chi connectivity index (χ4n) is 2.90. The molecule has 3 nitrogen and oxygen atoms in total. The Kier molecular flexibility index (Phi) is 5.83. The zero-order valence-electron chi connectivity index (χ0n) is 12.2. The molecule has 1 unspecified atom stereocenters. The third-order valence-electron chi connectivity index (χ3n) is 3.95. The smallest absolute Gasteiger partial charge is 0.0462 e. The summed E-state index contributed by atoms with van der Waals surface area (Å²) in [6.07, 6.45) is 3.54. The van der Waals surface area contributed by atoms with Gasteiger partial charge >= 0.3 is 0 Å². The standard InChI is InChI=1S/C16H26N2O/c1-17-12-16-11-14-7-3-4-8-15(14)13-18(16)9-5-6-10-19-2/h3-4,7-8,16-17H,5-6,9-13H2,1-2H3. The van der Waals surface area contributed by atoms with Gasteiger partial charge in [0.25, 0.3) is 0 Å². The molecule has 0 radical (unpaired) electrons. The number of unbranched alkanes of at least 4 members (excludes halogenated alkanes) is 1. The van der Waals surface area contributed by atoms with E-state index in [1.54, 1.807) is 7.11 Å². The van der Waals surface area contributed by atoms with Crippen LogP contribution >= 0.6 is 0 Å². The summed E-state index contributed by atoms with van der Waals surface area (Å²) in [5, 5.41) is 3.33. The van der Waals surface area contributed by atoms with Gasteiger partial charge in [-0.15, -0.1) is 0 Å². The van der Waals surface area contributed by atoms with E-state index in [2.05, 4.69) is 34.5 Å². The number of methoxy groups -OCH3 is 1. The van der Waals surface area contributed by atoms with E-state index in [0.717, 1.165) is 26.1 Å². The van der Waals surface area contributed by atoms with E-state index >= 15 is 0 Å². The summed E-state index contributed by atoms with van der Waals surface area (Å²) < 4.78 is 5.13. The predicted molar refractivity (Wildman–Crippen MR) is 79.4 cm³/mol. The molecule has 0 spiro atoms. The van der Waals surface area contributed by atoms with Crippen LogP contribution < -0.4 is 5.32 Å². The van der Waals surface area contributed by atoms with Crippen LogP contribution in [-0.4, -0.2) is 44.8 Å². The second-order valence-corrected chi connectivity index (χ2v) is 5.35. The Morgan fingerprint density at radius 1 is 1.26 bits per heavy atom. The third-order valence-corrected chi connectivity index (χ3v) is 3.95. The van der Waals surface area contributed by atoms with E-state index in [0.29, 0.717) is 6.04 Å². The Labute approximate surface area is 116 Å². The second-order valence-electron chi connectivity index (χ2n) is 5.35. The lowest BCUT2D eigenvalue weighted by Crippen LogP contribution is -2.46. The molecular weight excluding hydrogens is 236 g/mol. The van der Waals surface area contributed by atoms with Gasteiger partial charge < -0.3 is 10.1 Å². The monoisotopic (exact) mass is 262 g/mol. The van der Waals surface area contributed by atoms with Crippen LogP contribution in [0.3, 0.4) is 0 Å². The third kappa shape index (κ3) is 4.03. The summed E-state index contributed by atoms with van der Waals surface area (Å²) in [5.74, 6) is 0. The zero-order chi connectivity index (χ0) is 13.5. The number of nitrogens with one attached hydrogen (secondary N) is 1. The van der Waals surface area contributed by atoms with Crippen molar-refractivity contribution in [2.45, 2.75) is 31.8 Å². The molecule has 1 aromatic rings. The minimum Gasteiger partial charge on any atom is -0.385 e. The van der Waals surface area contributed by atoms with Gasteiger partial charge in [0, 0.05) is 32.8 Å². The minimum absolute atomic E-state index is 0.627. The summed E-state index contributed by atoms with van der Waals surface area (Å²) in [4.78, 5) is 2.62. The van der Waals surface area contributed by atoms with Crippen molar-refractivity contribution in [2.24, 2.45) is 0 Å². The number of likely N-dealkylation sites (N-methyl/N-ethyl adjacent to an activating group) is 1. The lowest BCUT2D eigenvalue weighted by Gasteiger charge is -2.37. The molecule has 106 valence electrons. The van der Waals surface area contributed by atoms with Crippen LogP contribution in [0.5, 0.6) is 0 Å². The maximum absolute atomic E-state index is 5.13. The van der Waals surface area contributed by atoms with Gasteiger partial charge in [0.2, 0.25) is 0 Å². The number of nitrogens with zero attached hydrogens (tertiary/aromatic N) is 1. The van der Waals surface area contributed by atoms with Gasteiger partial charge in [-0.2, -0.15) is 0 Å². The lowest BCUT2D eigenvalue weighted by atomic mass is 9.93. The molecule has 0 bridgehead atoms. The molecule has 3 heteroatoms. The highest BCUT2D eigenvalue weighted by atomic mass is 16.5. The molecule has 0 saturated carbocycles. The maximum atomic E-state index is 5.13. The van der Waals surface area contributed by atoms with Crippen LogP contribution in [0.25, 0.3) is 0 Å². The summed E-state index contributed by atoms with van der Waals surface area (Å²) in [5.41, 5.74) is 3.03. The first kappa shape index (κ1) is 14.5. The van der Waals surface area contributed by atoms with Crippen molar-refractivity contribution in [2.75, 3.05) is 33.9 Å². The summed E-state index contributed by atoms with van der Waals surface area (Å²) >= 11 is 0. The Hall–Kier alpha value is -0.900. The highest BCUT2D eigenvalue weighted by Gasteiger charge is 2.24.